The van der Waals surface area contributed by atoms with Crippen LogP contribution in [0.25, 0.3) is 0 Å². The van der Waals surface area contributed by atoms with Crippen molar-refractivity contribution >= 4 is 22.9 Å². The minimum atomic E-state index is 0.498. The monoisotopic (exact) mass is 234 g/mol. The first kappa shape index (κ1) is 11.4. The molecule has 0 amide bonds. The molecule has 1 fully saturated rings. The number of aryl methyl sites for hydroxylation is 1. The summed E-state index contributed by atoms with van der Waals surface area (Å²) in [5, 5.41) is 0. The molecule has 1 atom stereocenters. The third-order valence-electron chi connectivity index (χ3n) is 3.18. The average Bonchev–Trinajstić information content (AvgIpc) is 2.64. The van der Waals surface area contributed by atoms with Crippen molar-refractivity contribution in [3.63, 3.8) is 0 Å². The molecule has 86 valence electrons. The predicted octanol–water partition coefficient (Wildman–Crippen LogP) is 2.48. The molecule has 16 heavy (non-hydrogen) atoms. The first-order valence-corrected chi connectivity index (χ1v) is 6.14. The lowest BCUT2D eigenvalue weighted by molar-refractivity contribution is 0.659. The van der Waals surface area contributed by atoms with Gasteiger partial charge in [-0.05, 0) is 31.4 Å². The van der Waals surface area contributed by atoms with E-state index in [4.69, 9.17) is 18.0 Å². The van der Waals surface area contributed by atoms with Gasteiger partial charge in [-0.1, -0.05) is 30.8 Å². The maximum atomic E-state index is 5.79. The summed E-state index contributed by atoms with van der Waals surface area (Å²) in [6.07, 6.45) is 1.25. The quantitative estimate of drug-likeness (QED) is 0.797. The molecule has 2 rings (SSSR count). The smallest absolute Gasteiger partial charge is 0.106 e. The lowest BCUT2D eigenvalue weighted by atomic mass is 10.1. The normalized spacial score (nSPS) is 20.1. The zero-order valence-corrected chi connectivity index (χ0v) is 10.7. The highest BCUT2D eigenvalue weighted by atomic mass is 32.1. The zero-order chi connectivity index (χ0) is 11.7. The fourth-order valence-electron chi connectivity index (χ4n) is 2.28. The molecule has 1 aliphatic heterocycles. The molecule has 2 nitrogen and oxygen atoms in total. The number of hydrogen-bond acceptors (Lipinski definition) is 2. The minimum absolute atomic E-state index is 0.498. The van der Waals surface area contributed by atoms with Gasteiger partial charge in [-0.3, -0.25) is 0 Å². The fraction of sp³-hybridized carbons (Fsp3) is 0.462. The van der Waals surface area contributed by atoms with Gasteiger partial charge in [0, 0.05) is 24.3 Å². The Kier molecular flexibility index (Phi) is 3.15. The number of nitrogens with zero attached hydrogens (tertiary/aromatic N) is 1. The number of thiocarbonyl (C=S) groups is 1. The van der Waals surface area contributed by atoms with Gasteiger partial charge in [-0.15, -0.1) is 0 Å². The Hall–Kier alpha value is -1.09. The Morgan fingerprint density at radius 1 is 1.50 bits per heavy atom. The van der Waals surface area contributed by atoms with Crippen LogP contribution < -0.4 is 10.6 Å². The molecule has 2 N–H and O–H groups in total. The van der Waals surface area contributed by atoms with Gasteiger partial charge in [0.1, 0.15) is 4.99 Å². The first-order chi connectivity index (χ1) is 7.58. The predicted molar refractivity (Wildman–Crippen MR) is 73.1 cm³/mol. The lowest BCUT2D eigenvalue weighted by Gasteiger charge is -2.21. The molecule has 0 saturated carbocycles. The SMILES string of the molecule is Cc1ccc(N2CCC(C)C2)c(C(N)=S)c1. The molecule has 1 aliphatic rings. The second-order valence-electron chi connectivity index (χ2n) is 4.72. The Labute approximate surface area is 102 Å². The van der Waals surface area contributed by atoms with Crippen LogP contribution in [0.15, 0.2) is 18.2 Å². The van der Waals surface area contributed by atoms with E-state index in [1.165, 1.54) is 17.7 Å². The number of hydrogen-bond donors (Lipinski definition) is 1. The Bertz CT molecular complexity index is 414. The molecule has 0 radical (unpaired) electrons. The number of benzene rings is 1. The maximum absolute atomic E-state index is 5.79. The van der Waals surface area contributed by atoms with Crippen LogP contribution in [0.1, 0.15) is 24.5 Å². The molecular formula is C13H18N2S. The number of rotatable bonds is 2. The van der Waals surface area contributed by atoms with Gasteiger partial charge in [0.2, 0.25) is 0 Å². The van der Waals surface area contributed by atoms with E-state index >= 15 is 0 Å². The molecular weight excluding hydrogens is 216 g/mol. The standard InChI is InChI=1S/C13H18N2S/c1-9-3-4-12(11(7-9)13(14)16)15-6-5-10(2)8-15/h3-4,7,10H,5-6,8H2,1-2H3,(H2,14,16). The van der Waals surface area contributed by atoms with Crippen molar-refractivity contribution in [1.29, 1.82) is 0 Å². The second kappa shape index (κ2) is 4.42. The van der Waals surface area contributed by atoms with Crippen molar-refractivity contribution in [2.75, 3.05) is 18.0 Å². The number of anilines is 1. The van der Waals surface area contributed by atoms with Crippen LogP contribution in [0, 0.1) is 12.8 Å². The Balaban J connectivity index is 2.36. The van der Waals surface area contributed by atoms with E-state index in [2.05, 4.69) is 36.9 Å². The first-order valence-electron chi connectivity index (χ1n) is 5.73. The van der Waals surface area contributed by atoms with E-state index in [0.29, 0.717) is 4.99 Å². The van der Waals surface area contributed by atoms with Crippen molar-refractivity contribution in [1.82, 2.24) is 0 Å². The summed E-state index contributed by atoms with van der Waals surface area (Å²) in [6.45, 7) is 6.57. The molecule has 0 aromatic heterocycles. The molecule has 1 heterocycles. The van der Waals surface area contributed by atoms with E-state index in [9.17, 15) is 0 Å². The molecule has 0 bridgehead atoms. The van der Waals surface area contributed by atoms with Gasteiger partial charge in [-0.25, -0.2) is 0 Å². The molecule has 0 spiro atoms. The highest BCUT2D eigenvalue weighted by molar-refractivity contribution is 7.80. The molecule has 1 aromatic rings. The lowest BCUT2D eigenvalue weighted by Crippen LogP contribution is -2.23. The third kappa shape index (κ3) is 2.19. The van der Waals surface area contributed by atoms with E-state index in [-0.39, 0.29) is 0 Å². The van der Waals surface area contributed by atoms with Crippen LogP contribution in [0.4, 0.5) is 5.69 Å². The van der Waals surface area contributed by atoms with E-state index < -0.39 is 0 Å². The van der Waals surface area contributed by atoms with Crippen molar-refractivity contribution < 1.29 is 0 Å². The van der Waals surface area contributed by atoms with Crippen LogP contribution in [0.3, 0.4) is 0 Å². The summed E-state index contributed by atoms with van der Waals surface area (Å²) in [4.78, 5) is 2.89. The van der Waals surface area contributed by atoms with Crippen LogP contribution in [-0.4, -0.2) is 18.1 Å². The van der Waals surface area contributed by atoms with Gasteiger partial charge < -0.3 is 10.6 Å². The summed E-state index contributed by atoms with van der Waals surface area (Å²) in [5.74, 6) is 0.764. The molecule has 0 aliphatic carbocycles. The van der Waals surface area contributed by atoms with Gasteiger partial charge in [0.15, 0.2) is 0 Å². The van der Waals surface area contributed by atoms with Crippen molar-refractivity contribution in [3.8, 4) is 0 Å². The molecule has 1 unspecified atom stereocenters. The van der Waals surface area contributed by atoms with Crippen LogP contribution in [0.5, 0.6) is 0 Å². The molecule has 3 heteroatoms. The zero-order valence-electron chi connectivity index (χ0n) is 9.86. The van der Waals surface area contributed by atoms with Gasteiger partial charge in [0.25, 0.3) is 0 Å². The van der Waals surface area contributed by atoms with Gasteiger partial charge >= 0.3 is 0 Å². The minimum Gasteiger partial charge on any atom is -0.389 e. The van der Waals surface area contributed by atoms with E-state index in [0.717, 1.165) is 24.6 Å². The molecule has 1 saturated heterocycles. The van der Waals surface area contributed by atoms with Gasteiger partial charge in [-0.2, -0.15) is 0 Å². The second-order valence-corrected chi connectivity index (χ2v) is 5.16. The van der Waals surface area contributed by atoms with Gasteiger partial charge in [0.05, 0.1) is 0 Å². The van der Waals surface area contributed by atoms with E-state index in [1.807, 2.05) is 0 Å². The Morgan fingerprint density at radius 3 is 2.81 bits per heavy atom. The summed E-state index contributed by atoms with van der Waals surface area (Å²) >= 11 is 5.13. The van der Waals surface area contributed by atoms with Crippen molar-refractivity contribution in [3.05, 3.63) is 29.3 Å². The number of nitrogens with two attached hydrogens (primary N) is 1. The maximum Gasteiger partial charge on any atom is 0.106 e. The van der Waals surface area contributed by atoms with Crippen molar-refractivity contribution in [2.45, 2.75) is 20.3 Å². The highest BCUT2D eigenvalue weighted by Gasteiger charge is 2.21. The van der Waals surface area contributed by atoms with Crippen LogP contribution in [-0.2, 0) is 0 Å². The summed E-state index contributed by atoms with van der Waals surface area (Å²) in [6, 6.07) is 6.35. The van der Waals surface area contributed by atoms with Crippen LogP contribution >= 0.6 is 12.2 Å². The third-order valence-corrected chi connectivity index (χ3v) is 3.40. The van der Waals surface area contributed by atoms with E-state index in [1.54, 1.807) is 0 Å². The topological polar surface area (TPSA) is 29.3 Å². The Morgan fingerprint density at radius 2 is 2.25 bits per heavy atom. The molecule has 1 aromatic carbocycles. The fourth-order valence-corrected chi connectivity index (χ4v) is 2.44. The highest BCUT2D eigenvalue weighted by Crippen LogP contribution is 2.27. The average molecular weight is 234 g/mol. The summed E-state index contributed by atoms with van der Waals surface area (Å²) in [7, 11) is 0. The van der Waals surface area contributed by atoms with Crippen LogP contribution in [0.2, 0.25) is 0 Å². The van der Waals surface area contributed by atoms with Crippen molar-refractivity contribution in [2.24, 2.45) is 11.7 Å². The summed E-state index contributed by atoms with van der Waals surface area (Å²) < 4.78 is 0. The largest absolute Gasteiger partial charge is 0.389 e. The summed E-state index contributed by atoms with van der Waals surface area (Å²) in [5.41, 5.74) is 9.21.